The molecule has 0 aromatic carbocycles. The highest BCUT2D eigenvalue weighted by atomic mass is 32.2. The molecule has 2 rings (SSSR count). The Balaban J connectivity index is 2.15. The minimum absolute atomic E-state index is 0.135. The van der Waals surface area contributed by atoms with Crippen molar-refractivity contribution in [3.8, 4) is 0 Å². The van der Waals surface area contributed by atoms with Gasteiger partial charge in [0.2, 0.25) is 0 Å². The fraction of sp³-hybridized carbons (Fsp3) is 1.00. The summed E-state index contributed by atoms with van der Waals surface area (Å²) in [6.45, 7) is 1.99. The predicted molar refractivity (Wildman–Crippen MR) is 63.1 cm³/mol. The van der Waals surface area contributed by atoms with Crippen LogP contribution in [0, 0.1) is 5.41 Å². The zero-order valence-electron chi connectivity index (χ0n) is 9.17. The molecule has 2 saturated heterocycles. The third-order valence-corrected chi connectivity index (χ3v) is 5.16. The van der Waals surface area contributed by atoms with E-state index in [9.17, 15) is 10.2 Å². The van der Waals surface area contributed by atoms with Crippen LogP contribution in [0.15, 0.2) is 0 Å². The number of nitrogens with one attached hydrogen (secondary N) is 1. The maximum Gasteiger partial charge on any atom is 0.0742 e. The quantitative estimate of drug-likeness (QED) is 0.652. The van der Waals surface area contributed by atoms with Gasteiger partial charge in [0.25, 0.3) is 0 Å². The molecule has 0 bridgehead atoms. The summed E-state index contributed by atoms with van der Waals surface area (Å²) >= 11 is 1.91. The lowest BCUT2D eigenvalue weighted by molar-refractivity contribution is -0.129. The van der Waals surface area contributed by atoms with E-state index < -0.39 is 5.60 Å². The van der Waals surface area contributed by atoms with Crippen LogP contribution in [0.1, 0.15) is 25.7 Å². The lowest BCUT2D eigenvalue weighted by Crippen LogP contribution is -2.57. The van der Waals surface area contributed by atoms with Gasteiger partial charge < -0.3 is 15.5 Å². The van der Waals surface area contributed by atoms with E-state index in [-0.39, 0.29) is 12.0 Å². The largest absolute Gasteiger partial charge is 0.396 e. The molecule has 2 aliphatic rings. The normalized spacial score (nSPS) is 30.0. The van der Waals surface area contributed by atoms with Crippen LogP contribution in [-0.2, 0) is 0 Å². The molecule has 0 amide bonds. The van der Waals surface area contributed by atoms with Crippen LogP contribution in [-0.4, -0.2) is 47.0 Å². The van der Waals surface area contributed by atoms with Gasteiger partial charge in [-0.2, -0.15) is 11.8 Å². The van der Waals surface area contributed by atoms with Crippen LogP contribution in [0.2, 0.25) is 0 Å². The summed E-state index contributed by atoms with van der Waals surface area (Å²) in [5, 5.41) is 23.7. The Morgan fingerprint density at radius 2 is 1.67 bits per heavy atom. The number of rotatable bonds is 2. The molecule has 0 aliphatic carbocycles. The number of aliphatic hydroxyl groups excluding tert-OH is 1. The molecule has 2 fully saturated rings. The van der Waals surface area contributed by atoms with Crippen molar-refractivity contribution in [1.82, 2.24) is 5.32 Å². The Hall–Kier alpha value is 0.230. The first-order chi connectivity index (χ1) is 7.22. The van der Waals surface area contributed by atoms with Crippen molar-refractivity contribution in [3.05, 3.63) is 0 Å². The second kappa shape index (κ2) is 4.62. The van der Waals surface area contributed by atoms with E-state index in [1.807, 2.05) is 11.8 Å². The van der Waals surface area contributed by atoms with E-state index in [4.69, 9.17) is 0 Å². The zero-order chi connectivity index (χ0) is 10.8. The molecule has 3 N–H and O–H groups in total. The van der Waals surface area contributed by atoms with Crippen molar-refractivity contribution in [2.45, 2.75) is 31.3 Å². The number of piperidine rings is 1. The molecule has 2 heterocycles. The molecule has 0 unspecified atom stereocenters. The minimum atomic E-state index is -0.616. The predicted octanol–water partition coefficient (Wildman–Crippen LogP) is 0.607. The van der Waals surface area contributed by atoms with E-state index in [2.05, 4.69) is 5.32 Å². The highest BCUT2D eigenvalue weighted by Crippen LogP contribution is 2.46. The summed E-state index contributed by atoms with van der Waals surface area (Å²) in [7, 11) is 0. The Morgan fingerprint density at radius 3 is 2.20 bits per heavy atom. The monoisotopic (exact) mass is 231 g/mol. The van der Waals surface area contributed by atoms with E-state index in [0.717, 1.165) is 50.3 Å². The summed E-state index contributed by atoms with van der Waals surface area (Å²) in [5.41, 5.74) is -0.853. The zero-order valence-corrected chi connectivity index (χ0v) is 9.98. The average molecular weight is 231 g/mol. The minimum Gasteiger partial charge on any atom is -0.396 e. The van der Waals surface area contributed by atoms with Gasteiger partial charge in [-0.1, -0.05) is 0 Å². The molecule has 0 aromatic rings. The smallest absolute Gasteiger partial charge is 0.0742 e. The van der Waals surface area contributed by atoms with Gasteiger partial charge in [0.1, 0.15) is 0 Å². The number of thioether (sulfide) groups is 1. The lowest BCUT2D eigenvalue weighted by atomic mass is 9.64. The fourth-order valence-electron chi connectivity index (χ4n) is 2.92. The maximum atomic E-state index is 10.7. The molecular formula is C11H21NO2S. The lowest BCUT2D eigenvalue weighted by Gasteiger charge is -2.50. The van der Waals surface area contributed by atoms with E-state index in [1.54, 1.807) is 0 Å². The van der Waals surface area contributed by atoms with E-state index in [0.29, 0.717) is 0 Å². The summed E-state index contributed by atoms with van der Waals surface area (Å²) in [6, 6.07) is 0. The molecule has 4 heteroatoms. The number of hydrogen-bond acceptors (Lipinski definition) is 4. The van der Waals surface area contributed by atoms with Crippen LogP contribution in [0.5, 0.6) is 0 Å². The second-order valence-electron chi connectivity index (χ2n) is 4.83. The van der Waals surface area contributed by atoms with Gasteiger partial charge in [-0.05, 0) is 50.3 Å². The summed E-state index contributed by atoms with van der Waals surface area (Å²) < 4.78 is 0. The Morgan fingerprint density at radius 1 is 1.07 bits per heavy atom. The SMILES string of the molecule is OCC1(C2(O)CCSCC2)CCNCC1. The molecule has 0 spiro atoms. The van der Waals surface area contributed by atoms with Crippen molar-refractivity contribution in [3.63, 3.8) is 0 Å². The molecule has 2 aliphatic heterocycles. The van der Waals surface area contributed by atoms with Gasteiger partial charge in [-0.25, -0.2) is 0 Å². The highest BCUT2D eigenvalue weighted by Gasteiger charge is 2.50. The Bertz CT molecular complexity index is 211. The Kier molecular flexibility index (Phi) is 3.60. The van der Waals surface area contributed by atoms with Crippen molar-refractivity contribution < 1.29 is 10.2 Å². The summed E-state index contributed by atoms with van der Waals surface area (Å²) in [6.07, 6.45) is 3.51. The van der Waals surface area contributed by atoms with Crippen LogP contribution >= 0.6 is 11.8 Å². The van der Waals surface area contributed by atoms with Crippen molar-refractivity contribution in [2.75, 3.05) is 31.2 Å². The number of aliphatic hydroxyl groups is 2. The first kappa shape index (κ1) is 11.7. The van der Waals surface area contributed by atoms with E-state index >= 15 is 0 Å². The molecule has 88 valence electrons. The molecule has 15 heavy (non-hydrogen) atoms. The fourth-order valence-corrected chi connectivity index (χ4v) is 4.08. The van der Waals surface area contributed by atoms with Crippen LogP contribution in [0.25, 0.3) is 0 Å². The van der Waals surface area contributed by atoms with Gasteiger partial charge in [0.15, 0.2) is 0 Å². The van der Waals surface area contributed by atoms with Crippen molar-refractivity contribution in [1.29, 1.82) is 0 Å². The van der Waals surface area contributed by atoms with Crippen molar-refractivity contribution >= 4 is 11.8 Å². The van der Waals surface area contributed by atoms with Crippen LogP contribution in [0.4, 0.5) is 0 Å². The summed E-state index contributed by atoms with van der Waals surface area (Å²) in [4.78, 5) is 0. The van der Waals surface area contributed by atoms with Crippen LogP contribution in [0.3, 0.4) is 0 Å². The molecule has 0 aromatic heterocycles. The highest BCUT2D eigenvalue weighted by molar-refractivity contribution is 7.99. The topological polar surface area (TPSA) is 52.5 Å². The van der Waals surface area contributed by atoms with Crippen LogP contribution < -0.4 is 5.32 Å². The number of hydrogen-bond donors (Lipinski definition) is 3. The second-order valence-corrected chi connectivity index (χ2v) is 6.06. The average Bonchev–Trinajstić information content (AvgIpc) is 2.31. The van der Waals surface area contributed by atoms with Gasteiger partial charge in [-0.15, -0.1) is 0 Å². The molecule has 0 saturated carbocycles. The first-order valence-corrected chi connectivity index (χ1v) is 7.00. The maximum absolute atomic E-state index is 10.7. The standard InChI is InChI=1S/C11H21NO2S/c13-9-10(1-5-12-6-2-10)11(14)3-7-15-8-4-11/h12-14H,1-9H2. The third-order valence-electron chi connectivity index (χ3n) is 4.17. The Labute approximate surface area is 95.6 Å². The van der Waals surface area contributed by atoms with Gasteiger partial charge >= 0.3 is 0 Å². The third kappa shape index (κ3) is 2.05. The summed E-state index contributed by atoms with van der Waals surface area (Å²) in [5.74, 6) is 2.07. The van der Waals surface area contributed by atoms with E-state index in [1.165, 1.54) is 0 Å². The molecule has 3 nitrogen and oxygen atoms in total. The van der Waals surface area contributed by atoms with Gasteiger partial charge in [0, 0.05) is 5.41 Å². The van der Waals surface area contributed by atoms with Gasteiger partial charge in [-0.3, -0.25) is 0 Å². The first-order valence-electron chi connectivity index (χ1n) is 5.84. The van der Waals surface area contributed by atoms with Gasteiger partial charge in [0.05, 0.1) is 12.2 Å². The van der Waals surface area contributed by atoms with Crippen molar-refractivity contribution in [2.24, 2.45) is 5.41 Å². The molecular weight excluding hydrogens is 210 g/mol. The molecule has 0 atom stereocenters. The molecule has 0 radical (unpaired) electrons.